The molecule has 1 aliphatic rings. The molecule has 3 aromatic rings. The van der Waals surface area contributed by atoms with Crippen LogP contribution in [0.25, 0.3) is 10.9 Å². The number of fused-ring (bicyclic) bond motifs is 1. The fraction of sp³-hybridized carbons (Fsp3) is 0.423. The van der Waals surface area contributed by atoms with Crippen molar-refractivity contribution >= 4 is 28.4 Å². The van der Waals surface area contributed by atoms with E-state index in [0.29, 0.717) is 6.54 Å². The standard InChI is InChI=1S/C26H32ClN3O/c1-19-20(2)30(18-21-7-10-23(27)11-8-21)25-12-9-22(17-24(19)25)26(31)28-13-16-29-14-5-3-4-6-15-29/h7-12,17H,3-6,13-16,18H2,1-2H3,(H,28,31). The molecule has 31 heavy (non-hydrogen) atoms. The minimum atomic E-state index is 0.0132. The van der Waals surface area contributed by atoms with Crippen LogP contribution >= 0.6 is 11.6 Å². The van der Waals surface area contributed by atoms with E-state index in [1.54, 1.807) is 0 Å². The summed E-state index contributed by atoms with van der Waals surface area (Å²) in [6, 6.07) is 14.1. The van der Waals surface area contributed by atoms with Gasteiger partial charge in [-0.1, -0.05) is 36.6 Å². The minimum Gasteiger partial charge on any atom is -0.351 e. The zero-order valence-corrected chi connectivity index (χ0v) is 19.3. The van der Waals surface area contributed by atoms with Crippen LogP contribution in [0, 0.1) is 13.8 Å². The maximum absolute atomic E-state index is 12.8. The van der Waals surface area contributed by atoms with Crippen molar-refractivity contribution in [2.75, 3.05) is 26.2 Å². The number of amides is 1. The second kappa shape index (κ2) is 9.88. The van der Waals surface area contributed by atoms with Gasteiger partial charge in [-0.15, -0.1) is 0 Å². The van der Waals surface area contributed by atoms with Gasteiger partial charge in [-0.2, -0.15) is 0 Å². The van der Waals surface area contributed by atoms with Crippen molar-refractivity contribution in [1.82, 2.24) is 14.8 Å². The smallest absolute Gasteiger partial charge is 0.251 e. The molecule has 2 aromatic carbocycles. The Morgan fingerprint density at radius 1 is 1.00 bits per heavy atom. The van der Waals surface area contributed by atoms with Crippen LogP contribution in [0.5, 0.6) is 0 Å². The molecule has 1 fully saturated rings. The van der Waals surface area contributed by atoms with Crippen molar-refractivity contribution in [2.45, 2.75) is 46.1 Å². The lowest BCUT2D eigenvalue weighted by atomic mass is 10.1. The topological polar surface area (TPSA) is 37.3 Å². The number of carbonyl (C=O) groups excluding carboxylic acids is 1. The highest BCUT2D eigenvalue weighted by Gasteiger charge is 2.15. The van der Waals surface area contributed by atoms with Crippen LogP contribution in [-0.4, -0.2) is 41.6 Å². The number of nitrogens with one attached hydrogen (secondary N) is 1. The molecule has 0 aliphatic carbocycles. The largest absolute Gasteiger partial charge is 0.351 e. The molecule has 0 saturated carbocycles. The molecule has 1 saturated heterocycles. The van der Waals surface area contributed by atoms with E-state index in [9.17, 15) is 4.79 Å². The average molecular weight is 438 g/mol. The molecule has 1 aliphatic heterocycles. The summed E-state index contributed by atoms with van der Waals surface area (Å²) in [7, 11) is 0. The molecule has 5 heteroatoms. The van der Waals surface area contributed by atoms with Gasteiger partial charge in [0.2, 0.25) is 0 Å². The van der Waals surface area contributed by atoms with E-state index in [1.165, 1.54) is 42.5 Å². The molecule has 1 amide bonds. The maximum atomic E-state index is 12.8. The number of carbonyl (C=O) groups is 1. The fourth-order valence-corrected chi connectivity index (χ4v) is 4.68. The first-order valence-corrected chi connectivity index (χ1v) is 11.7. The molecule has 0 spiro atoms. The van der Waals surface area contributed by atoms with E-state index in [0.717, 1.165) is 47.7 Å². The normalized spacial score (nSPS) is 15.2. The monoisotopic (exact) mass is 437 g/mol. The van der Waals surface area contributed by atoms with E-state index >= 15 is 0 Å². The van der Waals surface area contributed by atoms with Crippen molar-refractivity contribution in [3.63, 3.8) is 0 Å². The van der Waals surface area contributed by atoms with Crippen molar-refractivity contribution in [3.8, 4) is 0 Å². The van der Waals surface area contributed by atoms with Gasteiger partial charge in [0.25, 0.3) is 5.91 Å². The van der Waals surface area contributed by atoms with Gasteiger partial charge in [0.15, 0.2) is 0 Å². The third kappa shape index (κ3) is 5.13. The number of rotatable bonds is 6. The summed E-state index contributed by atoms with van der Waals surface area (Å²) in [4.78, 5) is 15.2. The van der Waals surface area contributed by atoms with Crippen LogP contribution in [0.1, 0.15) is 52.9 Å². The lowest BCUT2D eigenvalue weighted by Gasteiger charge is -2.19. The Morgan fingerprint density at radius 2 is 1.71 bits per heavy atom. The van der Waals surface area contributed by atoms with E-state index < -0.39 is 0 Å². The molecule has 0 atom stereocenters. The predicted octanol–water partition coefficient (Wildman–Crippen LogP) is 5.57. The first-order chi connectivity index (χ1) is 15.0. The number of halogens is 1. The molecular formula is C26H32ClN3O. The number of nitrogens with zero attached hydrogens (tertiary/aromatic N) is 2. The number of likely N-dealkylation sites (tertiary alicyclic amines) is 1. The van der Waals surface area contributed by atoms with Crippen LogP contribution in [0.15, 0.2) is 42.5 Å². The summed E-state index contributed by atoms with van der Waals surface area (Å²) in [6.45, 7) is 9.01. The van der Waals surface area contributed by atoms with Gasteiger partial charge < -0.3 is 14.8 Å². The van der Waals surface area contributed by atoms with Crippen LogP contribution in [0.4, 0.5) is 0 Å². The van der Waals surface area contributed by atoms with Crippen molar-refractivity contribution in [3.05, 3.63) is 69.9 Å². The van der Waals surface area contributed by atoms with Gasteiger partial charge in [-0.25, -0.2) is 0 Å². The van der Waals surface area contributed by atoms with Gasteiger partial charge in [-0.05, 0) is 81.2 Å². The van der Waals surface area contributed by atoms with Crippen LogP contribution in [0.2, 0.25) is 5.02 Å². The second-order valence-corrected chi connectivity index (χ2v) is 9.10. The fourth-order valence-electron chi connectivity index (χ4n) is 4.56. The Morgan fingerprint density at radius 3 is 2.42 bits per heavy atom. The summed E-state index contributed by atoms with van der Waals surface area (Å²) in [6.07, 6.45) is 5.21. The van der Waals surface area contributed by atoms with Gasteiger partial charge in [0, 0.05) is 46.8 Å². The maximum Gasteiger partial charge on any atom is 0.251 e. The molecule has 1 N–H and O–H groups in total. The Kier molecular flexibility index (Phi) is 6.99. The van der Waals surface area contributed by atoms with Crippen LogP contribution < -0.4 is 5.32 Å². The third-order valence-corrected chi connectivity index (χ3v) is 6.82. The highest BCUT2D eigenvalue weighted by atomic mass is 35.5. The number of aromatic nitrogens is 1. The Bertz CT molecular complexity index is 1050. The molecule has 4 nitrogen and oxygen atoms in total. The third-order valence-electron chi connectivity index (χ3n) is 6.57. The lowest BCUT2D eigenvalue weighted by Crippen LogP contribution is -2.35. The summed E-state index contributed by atoms with van der Waals surface area (Å²) in [5, 5.41) is 5.01. The predicted molar refractivity (Wildman–Crippen MR) is 129 cm³/mol. The molecule has 2 heterocycles. The Hall–Kier alpha value is -2.30. The number of aryl methyl sites for hydroxylation is 1. The summed E-state index contributed by atoms with van der Waals surface area (Å²) in [5.41, 5.74) is 5.55. The summed E-state index contributed by atoms with van der Waals surface area (Å²) < 4.78 is 2.31. The highest BCUT2D eigenvalue weighted by Crippen LogP contribution is 2.27. The zero-order valence-electron chi connectivity index (χ0n) is 18.6. The molecule has 4 rings (SSSR count). The quantitative estimate of drug-likeness (QED) is 0.547. The SMILES string of the molecule is Cc1c(C)n(Cc2ccc(Cl)cc2)c2ccc(C(=O)NCCN3CCCCCC3)cc12. The number of benzene rings is 2. The highest BCUT2D eigenvalue weighted by molar-refractivity contribution is 6.30. The molecule has 0 unspecified atom stereocenters. The van der Waals surface area contributed by atoms with Gasteiger partial charge in [-0.3, -0.25) is 4.79 Å². The first kappa shape index (κ1) is 21.9. The second-order valence-electron chi connectivity index (χ2n) is 8.67. The van der Waals surface area contributed by atoms with E-state index in [-0.39, 0.29) is 5.91 Å². The van der Waals surface area contributed by atoms with E-state index in [4.69, 9.17) is 11.6 Å². The van der Waals surface area contributed by atoms with Crippen LogP contribution in [0.3, 0.4) is 0 Å². The van der Waals surface area contributed by atoms with Crippen molar-refractivity contribution in [2.24, 2.45) is 0 Å². The first-order valence-electron chi connectivity index (χ1n) is 11.4. The van der Waals surface area contributed by atoms with E-state index in [2.05, 4.69) is 46.8 Å². The molecule has 0 bridgehead atoms. The number of hydrogen-bond acceptors (Lipinski definition) is 2. The number of hydrogen-bond donors (Lipinski definition) is 1. The molecule has 1 aromatic heterocycles. The zero-order chi connectivity index (χ0) is 21.8. The summed E-state index contributed by atoms with van der Waals surface area (Å²) in [5.74, 6) is 0.0132. The minimum absolute atomic E-state index is 0.0132. The van der Waals surface area contributed by atoms with Gasteiger partial charge >= 0.3 is 0 Å². The van der Waals surface area contributed by atoms with Gasteiger partial charge in [0.1, 0.15) is 0 Å². The average Bonchev–Trinajstić information content (AvgIpc) is 2.96. The molecule has 164 valence electrons. The molecule has 0 radical (unpaired) electrons. The summed E-state index contributed by atoms with van der Waals surface area (Å²) >= 11 is 6.03. The lowest BCUT2D eigenvalue weighted by molar-refractivity contribution is 0.0948. The Labute approximate surface area is 190 Å². The van der Waals surface area contributed by atoms with E-state index in [1.807, 2.05) is 24.3 Å². The van der Waals surface area contributed by atoms with Crippen molar-refractivity contribution < 1.29 is 4.79 Å². The van der Waals surface area contributed by atoms with Gasteiger partial charge in [0.05, 0.1) is 0 Å². The van der Waals surface area contributed by atoms with Crippen molar-refractivity contribution in [1.29, 1.82) is 0 Å². The van der Waals surface area contributed by atoms with Crippen LogP contribution in [-0.2, 0) is 6.54 Å². The molecular weight excluding hydrogens is 406 g/mol. The Balaban J connectivity index is 1.46.